The fraction of sp³-hybridized carbons (Fsp3) is 0.250. The zero-order valence-electron chi connectivity index (χ0n) is 13.5. The highest BCUT2D eigenvalue weighted by Crippen LogP contribution is 2.19. The molecular weight excluding hydrogens is 287 g/mol. The largest absolute Gasteiger partial charge is 0.219 e. The van der Waals surface area contributed by atoms with Crippen LogP contribution in [0, 0.1) is 5.95 Å². The van der Waals surface area contributed by atoms with E-state index in [9.17, 15) is 4.39 Å². The lowest BCUT2D eigenvalue weighted by molar-refractivity contribution is 0.525. The summed E-state index contributed by atoms with van der Waals surface area (Å²) in [5.74, 6) is 0.200. The molecule has 0 radical (unpaired) electrons. The van der Waals surface area contributed by atoms with E-state index in [0.29, 0.717) is 17.9 Å². The van der Waals surface area contributed by atoms with Gasteiger partial charge in [0.05, 0.1) is 11.9 Å². The van der Waals surface area contributed by atoms with Gasteiger partial charge in [-0.15, -0.1) is 0 Å². The molecule has 0 fully saturated rings. The molecule has 118 valence electrons. The summed E-state index contributed by atoms with van der Waals surface area (Å²) in [6.45, 7) is 4.29. The number of rotatable bonds is 5. The van der Waals surface area contributed by atoms with Crippen molar-refractivity contribution in [1.82, 2.24) is 9.78 Å². The third kappa shape index (κ3) is 3.50. The zero-order chi connectivity index (χ0) is 16.2. The van der Waals surface area contributed by atoms with Crippen LogP contribution in [-0.4, -0.2) is 9.78 Å². The van der Waals surface area contributed by atoms with E-state index in [1.165, 1.54) is 15.8 Å². The number of hydrogen-bond acceptors (Lipinski definition) is 1. The van der Waals surface area contributed by atoms with Crippen LogP contribution >= 0.6 is 0 Å². The Balaban J connectivity index is 1.76. The summed E-state index contributed by atoms with van der Waals surface area (Å²) >= 11 is 0. The Kier molecular flexibility index (Phi) is 4.56. The van der Waals surface area contributed by atoms with Gasteiger partial charge in [-0.25, -0.2) is 4.68 Å². The average Bonchev–Trinajstić information content (AvgIpc) is 2.95. The van der Waals surface area contributed by atoms with E-state index in [1.807, 2.05) is 42.5 Å². The summed E-state index contributed by atoms with van der Waals surface area (Å²) in [4.78, 5) is 0. The first-order valence-electron chi connectivity index (χ1n) is 8.02. The molecule has 23 heavy (non-hydrogen) atoms. The topological polar surface area (TPSA) is 17.8 Å². The number of benzene rings is 2. The summed E-state index contributed by atoms with van der Waals surface area (Å²) < 4.78 is 16.0. The van der Waals surface area contributed by atoms with Crippen molar-refractivity contribution in [2.45, 2.75) is 32.6 Å². The van der Waals surface area contributed by atoms with E-state index >= 15 is 0 Å². The maximum Gasteiger partial charge on any atom is 0.219 e. The smallest absolute Gasteiger partial charge is 0.206 e. The van der Waals surface area contributed by atoms with Crippen LogP contribution in [-0.2, 0) is 12.8 Å². The highest BCUT2D eigenvalue weighted by molar-refractivity contribution is 5.36. The molecule has 1 heterocycles. The molecule has 0 aliphatic carbocycles. The van der Waals surface area contributed by atoms with Gasteiger partial charge in [-0.1, -0.05) is 56.3 Å². The Morgan fingerprint density at radius 1 is 0.957 bits per heavy atom. The van der Waals surface area contributed by atoms with Crippen LogP contribution in [0.25, 0.3) is 5.69 Å². The van der Waals surface area contributed by atoms with Gasteiger partial charge < -0.3 is 0 Å². The van der Waals surface area contributed by atoms with Crippen LogP contribution in [0.15, 0.2) is 60.8 Å². The molecule has 3 heteroatoms. The molecule has 0 saturated carbocycles. The van der Waals surface area contributed by atoms with Gasteiger partial charge in [-0.3, -0.25) is 0 Å². The van der Waals surface area contributed by atoms with Crippen molar-refractivity contribution in [3.8, 4) is 5.69 Å². The van der Waals surface area contributed by atoms with Crippen LogP contribution in [0.3, 0.4) is 0 Å². The first-order valence-corrected chi connectivity index (χ1v) is 8.02. The molecule has 0 saturated heterocycles. The molecule has 2 aromatic carbocycles. The standard InChI is InChI=1S/C20H21FN2/c1-15(2)17-10-12-19(13-11-17)23-20(21)18(14-22-23)9-8-16-6-4-3-5-7-16/h3-7,10-15H,8-9H2,1-2H3. The molecule has 0 amide bonds. The molecule has 0 aliphatic heterocycles. The van der Waals surface area contributed by atoms with Gasteiger partial charge in [-0.2, -0.15) is 9.49 Å². The molecular formula is C20H21FN2. The predicted molar refractivity (Wildman–Crippen MR) is 91.5 cm³/mol. The Labute approximate surface area is 136 Å². The van der Waals surface area contributed by atoms with Crippen molar-refractivity contribution in [3.05, 3.63) is 83.4 Å². The first-order chi connectivity index (χ1) is 11.1. The van der Waals surface area contributed by atoms with Crippen molar-refractivity contribution in [2.24, 2.45) is 0 Å². The quantitative estimate of drug-likeness (QED) is 0.654. The molecule has 0 aliphatic rings. The van der Waals surface area contributed by atoms with E-state index in [2.05, 4.69) is 31.1 Å². The van der Waals surface area contributed by atoms with E-state index in [0.717, 1.165) is 12.1 Å². The molecule has 3 aromatic rings. The predicted octanol–water partition coefficient (Wildman–Crippen LogP) is 4.92. The Morgan fingerprint density at radius 2 is 1.65 bits per heavy atom. The van der Waals surface area contributed by atoms with Crippen molar-refractivity contribution >= 4 is 0 Å². The number of hydrogen-bond donors (Lipinski definition) is 0. The fourth-order valence-electron chi connectivity index (χ4n) is 2.64. The van der Waals surface area contributed by atoms with Crippen LogP contribution in [0.2, 0.25) is 0 Å². The maximum absolute atomic E-state index is 14.6. The summed E-state index contributed by atoms with van der Waals surface area (Å²) in [6.07, 6.45) is 3.10. The molecule has 0 N–H and O–H groups in total. The van der Waals surface area contributed by atoms with E-state index < -0.39 is 0 Å². The van der Waals surface area contributed by atoms with Gasteiger partial charge in [0.15, 0.2) is 0 Å². The van der Waals surface area contributed by atoms with Crippen LogP contribution in [0.1, 0.15) is 36.5 Å². The number of aromatic nitrogens is 2. The van der Waals surface area contributed by atoms with Crippen LogP contribution < -0.4 is 0 Å². The maximum atomic E-state index is 14.6. The van der Waals surface area contributed by atoms with Crippen molar-refractivity contribution in [1.29, 1.82) is 0 Å². The van der Waals surface area contributed by atoms with Gasteiger partial charge in [0, 0.05) is 5.56 Å². The third-order valence-electron chi connectivity index (χ3n) is 4.11. The molecule has 0 atom stereocenters. The van der Waals surface area contributed by atoms with Crippen molar-refractivity contribution in [2.75, 3.05) is 0 Å². The van der Waals surface area contributed by atoms with Crippen LogP contribution in [0.4, 0.5) is 4.39 Å². The Hall–Kier alpha value is -2.42. The zero-order valence-corrected chi connectivity index (χ0v) is 13.5. The second-order valence-corrected chi connectivity index (χ2v) is 6.10. The molecule has 1 aromatic heterocycles. The van der Waals surface area contributed by atoms with Crippen molar-refractivity contribution < 1.29 is 4.39 Å². The second-order valence-electron chi connectivity index (χ2n) is 6.10. The molecule has 0 spiro atoms. The monoisotopic (exact) mass is 308 g/mol. The van der Waals surface area contributed by atoms with E-state index in [1.54, 1.807) is 6.20 Å². The Morgan fingerprint density at radius 3 is 2.30 bits per heavy atom. The molecule has 2 nitrogen and oxygen atoms in total. The van der Waals surface area contributed by atoms with Crippen molar-refractivity contribution in [3.63, 3.8) is 0 Å². The van der Waals surface area contributed by atoms with Gasteiger partial charge in [0.2, 0.25) is 5.95 Å². The molecule has 0 bridgehead atoms. The minimum absolute atomic E-state index is 0.266. The second kappa shape index (κ2) is 6.78. The number of halogens is 1. The number of nitrogens with zero attached hydrogens (tertiary/aromatic N) is 2. The lowest BCUT2D eigenvalue weighted by Crippen LogP contribution is -2.02. The number of aryl methyl sites for hydroxylation is 2. The Bertz CT molecular complexity index is 758. The lowest BCUT2D eigenvalue weighted by Gasteiger charge is -2.07. The van der Waals surface area contributed by atoms with E-state index in [-0.39, 0.29) is 5.95 Å². The van der Waals surface area contributed by atoms with Gasteiger partial charge in [0.25, 0.3) is 0 Å². The molecule has 3 rings (SSSR count). The lowest BCUT2D eigenvalue weighted by atomic mass is 10.0. The van der Waals surface area contributed by atoms with Gasteiger partial charge in [0.1, 0.15) is 0 Å². The van der Waals surface area contributed by atoms with Gasteiger partial charge >= 0.3 is 0 Å². The minimum atomic E-state index is -0.266. The first kappa shape index (κ1) is 15.5. The SMILES string of the molecule is CC(C)c1ccc(-n2ncc(CCc3ccccc3)c2F)cc1. The molecule has 0 unspecified atom stereocenters. The average molecular weight is 308 g/mol. The third-order valence-corrected chi connectivity index (χ3v) is 4.11. The van der Waals surface area contributed by atoms with Crippen LogP contribution in [0.5, 0.6) is 0 Å². The summed E-state index contributed by atoms with van der Waals surface area (Å²) in [5.41, 5.74) is 3.87. The normalized spacial score (nSPS) is 11.1. The summed E-state index contributed by atoms with van der Waals surface area (Å²) in [5, 5.41) is 4.21. The summed E-state index contributed by atoms with van der Waals surface area (Å²) in [7, 11) is 0. The summed E-state index contributed by atoms with van der Waals surface area (Å²) in [6, 6.07) is 18.0. The highest BCUT2D eigenvalue weighted by atomic mass is 19.1. The van der Waals surface area contributed by atoms with Gasteiger partial charge in [-0.05, 0) is 42.0 Å². The fourth-order valence-corrected chi connectivity index (χ4v) is 2.64. The minimum Gasteiger partial charge on any atom is -0.206 e. The highest BCUT2D eigenvalue weighted by Gasteiger charge is 2.12. The van der Waals surface area contributed by atoms with E-state index in [4.69, 9.17) is 0 Å².